The van der Waals surface area contributed by atoms with Gasteiger partial charge in [-0.2, -0.15) is 10.2 Å². The van der Waals surface area contributed by atoms with Crippen LogP contribution in [0.15, 0.2) is 38.6 Å². The van der Waals surface area contributed by atoms with E-state index in [0.29, 0.717) is 19.4 Å². The first-order valence-electron chi connectivity index (χ1n) is 7.32. The van der Waals surface area contributed by atoms with Crippen molar-refractivity contribution in [2.24, 2.45) is 10.2 Å². The second-order valence-electron chi connectivity index (χ2n) is 5.32. The lowest BCUT2D eigenvalue weighted by Gasteiger charge is -2.09. The minimum atomic E-state index is -0.352. The maximum absolute atomic E-state index is 12.0. The summed E-state index contributed by atoms with van der Waals surface area (Å²) in [6.07, 6.45) is 10.8. The molecule has 6 nitrogen and oxygen atoms in total. The number of carbonyl (C=O) groups excluding carboxylic acids is 1. The van der Waals surface area contributed by atoms with Gasteiger partial charge >= 0.3 is 0 Å². The Morgan fingerprint density at radius 1 is 1.43 bits per heavy atom. The predicted octanol–water partition coefficient (Wildman–Crippen LogP) is 3.03. The molecule has 23 heavy (non-hydrogen) atoms. The summed E-state index contributed by atoms with van der Waals surface area (Å²) in [5.74, 6) is 2.53. The Morgan fingerprint density at radius 2 is 2.30 bits per heavy atom. The number of carbonyl (C=O) groups is 1. The minimum absolute atomic E-state index is 0.0539. The number of thiazole rings is 1. The van der Waals surface area contributed by atoms with Crippen LogP contribution in [0, 0.1) is 12.3 Å². The van der Waals surface area contributed by atoms with E-state index in [0.717, 1.165) is 22.7 Å². The van der Waals surface area contributed by atoms with Crippen molar-refractivity contribution in [3.05, 3.63) is 29.7 Å². The molecule has 3 rings (SSSR count). The number of furan rings is 1. The second kappa shape index (κ2) is 6.75. The molecule has 1 amide bonds. The van der Waals surface area contributed by atoms with Gasteiger partial charge in [0.15, 0.2) is 5.66 Å². The first-order valence-corrected chi connectivity index (χ1v) is 8.20. The third kappa shape index (κ3) is 4.05. The lowest BCUT2D eigenvalue weighted by atomic mass is 10.0. The summed E-state index contributed by atoms with van der Waals surface area (Å²) in [6.45, 7) is 0.537. The van der Waals surface area contributed by atoms with Crippen molar-refractivity contribution in [2.45, 2.75) is 31.3 Å². The molecule has 118 valence electrons. The molecule has 0 saturated carbocycles. The van der Waals surface area contributed by atoms with E-state index in [1.165, 1.54) is 11.3 Å². The molecule has 1 aliphatic rings. The van der Waals surface area contributed by atoms with Crippen LogP contribution in [0.4, 0.5) is 0 Å². The molecule has 0 bridgehead atoms. The van der Waals surface area contributed by atoms with Crippen LogP contribution in [-0.2, 0) is 11.2 Å². The predicted molar refractivity (Wildman–Crippen MR) is 86.8 cm³/mol. The molecular formula is C16H16N4O2S. The highest BCUT2D eigenvalue weighted by atomic mass is 32.1. The van der Waals surface area contributed by atoms with E-state index in [2.05, 4.69) is 26.4 Å². The fourth-order valence-corrected chi connectivity index (χ4v) is 3.01. The van der Waals surface area contributed by atoms with E-state index >= 15 is 0 Å². The van der Waals surface area contributed by atoms with Gasteiger partial charge < -0.3 is 9.73 Å². The molecule has 0 unspecified atom stereocenters. The second-order valence-corrected chi connectivity index (χ2v) is 6.18. The molecule has 0 aliphatic carbocycles. The van der Waals surface area contributed by atoms with Crippen LogP contribution in [-0.4, -0.2) is 23.1 Å². The number of hydrogen-bond acceptors (Lipinski definition) is 6. The van der Waals surface area contributed by atoms with Crippen molar-refractivity contribution >= 4 is 17.2 Å². The van der Waals surface area contributed by atoms with Gasteiger partial charge in [-0.15, -0.1) is 23.7 Å². The van der Waals surface area contributed by atoms with Gasteiger partial charge in [-0.3, -0.25) is 4.79 Å². The van der Waals surface area contributed by atoms with Gasteiger partial charge in [-0.1, -0.05) is 0 Å². The van der Waals surface area contributed by atoms with E-state index in [-0.39, 0.29) is 18.0 Å². The molecule has 2 aromatic heterocycles. The van der Waals surface area contributed by atoms with Gasteiger partial charge in [0.05, 0.1) is 18.4 Å². The summed E-state index contributed by atoms with van der Waals surface area (Å²) in [7, 11) is 0. The van der Waals surface area contributed by atoms with Gasteiger partial charge in [-0.05, 0) is 6.07 Å². The molecule has 1 aliphatic heterocycles. The Labute approximate surface area is 138 Å². The number of aromatic nitrogens is 1. The highest BCUT2D eigenvalue weighted by molar-refractivity contribution is 7.13. The molecule has 0 saturated heterocycles. The average Bonchev–Trinajstić information content (AvgIpc) is 2.95. The van der Waals surface area contributed by atoms with Crippen LogP contribution >= 0.6 is 11.3 Å². The topological polar surface area (TPSA) is 79.9 Å². The Balaban J connectivity index is 1.42. The van der Waals surface area contributed by atoms with Gasteiger partial charge in [0.1, 0.15) is 11.3 Å². The summed E-state index contributed by atoms with van der Waals surface area (Å²) >= 11 is 1.50. The Bertz CT molecular complexity index is 736. The SMILES string of the molecule is C#CCCC1(CCNC(=O)Cc2csc(-c3ccoc3)n2)N=N1. The average molecular weight is 328 g/mol. The van der Waals surface area contributed by atoms with Gasteiger partial charge in [0.25, 0.3) is 0 Å². The first-order chi connectivity index (χ1) is 11.2. The molecule has 0 radical (unpaired) electrons. The Morgan fingerprint density at radius 3 is 3.00 bits per heavy atom. The quantitative estimate of drug-likeness (QED) is 0.756. The monoisotopic (exact) mass is 328 g/mol. The molecule has 0 fully saturated rings. The fourth-order valence-electron chi connectivity index (χ4n) is 2.20. The zero-order valence-electron chi connectivity index (χ0n) is 12.5. The summed E-state index contributed by atoms with van der Waals surface area (Å²) in [5.41, 5.74) is 1.33. The van der Waals surface area contributed by atoms with Crippen LogP contribution in [0.2, 0.25) is 0 Å². The zero-order valence-corrected chi connectivity index (χ0v) is 13.3. The maximum atomic E-state index is 12.0. The van der Waals surface area contributed by atoms with E-state index in [1.807, 2.05) is 11.4 Å². The van der Waals surface area contributed by atoms with Crippen LogP contribution in [0.3, 0.4) is 0 Å². The van der Waals surface area contributed by atoms with Crippen LogP contribution in [0.1, 0.15) is 25.0 Å². The van der Waals surface area contributed by atoms with Crippen molar-refractivity contribution in [2.75, 3.05) is 6.54 Å². The minimum Gasteiger partial charge on any atom is -0.472 e. The summed E-state index contributed by atoms with van der Waals surface area (Å²) in [6, 6.07) is 1.85. The third-order valence-electron chi connectivity index (χ3n) is 3.56. The Hall–Kier alpha value is -2.46. The Kier molecular flexibility index (Phi) is 4.53. The molecule has 0 atom stereocenters. The lowest BCUT2D eigenvalue weighted by molar-refractivity contribution is -0.120. The molecule has 7 heteroatoms. The highest BCUT2D eigenvalue weighted by Gasteiger charge is 2.38. The van der Waals surface area contributed by atoms with Gasteiger partial charge in [0.2, 0.25) is 5.91 Å². The van der Waals surface area contributed by atoms with E-state index < -0.39 is 0 Å². The first kappa shape index (κ1) is 15.4. The zero-order chi connectivity index (χ0) is 16.1. The normalized spacial score (nSPS) is 14.4. The van der Waals surface area contributed by atoms with Crippen molar-refractivity contribution in [3.63, 3.8) is 0 Å². The van der Waals surface area contributed by atoms with Crippen LogP contribution < -0.4 is 5.32 Å². The van der Waals surface area contributed by atoms with Gasteiger partial charge in [0, 0.05) is 36.8 Å². The van der Waals surface area contributed by atoms with Gasteiger partial charge in [-0.25, -0.2) is 4.98 Å². The number of nitrogens with zero attached hydrogens (tertiary/aromatic N) is 3. The van der Waals surface area contributed by atoms with Crippen molar-refractivity contribution in [1.29, 1.82) is 0 Å². The molecule has 3 heterocycles. The molecule has 0 spiro atoms. The lowest BCUT2D eigenvalue weighted by Crippen LogP contribution is -2.29. The number of nitrogens with one attached hydrogen (secondary N) is 1. The van der Waals surface area contributed by atoms with Crippen molar-refractivity contribution in [3.8, 4) is 22.9 Å². The number of hydrogen-bond donors (Lipinski definition) is 1. The molecule has 1 N–H and O–H groups in total. The summed E-state index contributed by atoms with van der Waals surface area (Å²) in [4.78, 5) is 16.4. The molecule has 2 aromatic rings. The van der Waals surface area contributed by atoms with E-state index in [4.69, 9.17) is 10.8 Å². The maximum Gasteiger partial charge on any atom is 0.226 e. The molecular weight excluding hydrogens is 312 g/mol. The summed E-state index contributed by atoms with van der Waals surface area (Å²) < 4.78 is 5.04. The van der Waals surface area contributed by atoms with Crippen molar-refractivity contribution < 1.29 is 9.21 Å². The van der Waals surface area contributed by atoms with Crippen molar-refractivity contribution in [1.82, 2.24) is 10.3 Å². The molecule has 0 aromatic carbocycles. The number of terminal acetylenes is 1. The fraction of sp³-hybridized carbons (Fsp3) is 0.375. The smallest absolute Gasteiger partial charge is 0.226 e. The third-order valence-corrected chi connectivity index (χ3v) is 4.50. The number of rotatable bonds is 8. The number of amides is 1. The summed E-state index contributed by atoms with van der Waals surface area (Å²) in [5, 5.41) is 13.7. The van der Waals surface area contributed by atoms with Crippen LogP contribution in [0.5, 0.6) is 0 Å². The van der Waals surface area contributed by atoms with Crippen LogP contribution in [0.25, 0.3) is 10.6 Å². The largest absolute Gasteiger partial charge is 0.472 e. The highest BCUT2D eigenvalue weighted by Crippen LogP contribution is 2.36. The standard InChI is InChI=1S/C16H16N4O2S/c1-2-3-5-16(19-20-16)6-7-17-14(21)9-13-11-23-15(18-13)12-4-8-22-10-12/h1,4,8,10-11H,3,5-7,9H2,(H,17,21). The van der Waals surface area contributed by atoms with E-state index in [1.54, 1.807) is 12.5 Å². The van der Waals surface area contributed by atoms with E-state index in [9.17, 15) is 4.79 Å².